The zero-order chi connectivity index (χ0) is 28.3. The molecule has 0 saturated heterocycles. The van der Waals surface area contributed by atoms with E-state index in [2.05, 4.69) is 4.18 Å². The van der Waals surface area contributed by atoms with Crippen molar-refractivity contribution in [3.8, 4) is 0 Å². The standard InChI is InChI=1S/C20H21F10NO4S/c1-4-7-14(17(21,22)18(23,24)19(25,26)27)15(35-36(33,34)20(28,29)30)12-8-10-13(11-9-12)16(32)31(5-2)6-3/h8-11H,4-7H2,1-3H3/b15-14+. The molecule has 0 N–H and O–H groups in total. The predicted molar refractivity (Wildman–Crippen MR) is 108 cm³/mol. The molecule has 1 amide bonds. The summed E-state index contributed by atoms with van der Waals surface area (Å²) in [5.74, 6) is -15.7. The topological polar surface area (TPSA) is 63.7 Å². The average Bonchev–Trinajstić information content (AvgIpc) is 2.75. The maximum Gasteiger partial charge on any atom is 0.534 e. The molecule has 5 nitrogen and oxygen atoms in total. The molecule has 0 aliphatic heterocycles. The van der Waals surface area contributed by atoms with E-state index in [0.29, 0.717) is 12.1 Å². The number of hydrogen-bond donors (Lipinski definition) is 0. The molecule has 16 heteroatoms. The highest BCUT2D eigenvalue weighted by atomic mass is 32.2. The van der Waals surface area contributed by atoms with E-state index in [0.717, 1.165) is 19.1 Å². The fourth-order valence-corrected chi connectivity index (χ4v) is 3.43. The molecular formula is C20H21F10NO4S. The quantitative estimate of drug-likeness (QED) is 0.144. The Morgan fingerprint density at radius 3 is 1.64 bits per heavy atom. The van der Waals surface area contributed by atoms with Gasteiger partial charge in [-0.3, -0.25) is 4.79 Å². The summed E-state index contributed by atoms with van der Waals surface area (Å²) in [6.07, 6.45) is -8.87. The Kier molecular flexibility index (Phi) is 9.49. The third-order valence-corrected chi connectivity index (χ3v) is 5.78. The number of carbonyl (C=O) groups is 1. The van der Waals surface area contributed by atoms with Crippen LogP contribution < -0.4 is 0 Å². The molecular weight excluding hydrogens is 540 g/mol. The van der Waals surface area contributed by atoms with Crippen LogP contribution in [0.25, 0.3) is 5.76 Å². The van der Waals surface area contributed by atoms with Crippen molar-refractivity contribution < 1.29 is 61.3 Å². The Morgan fingerprint density at radius 1 is 0.833 bits per heavy atom. The van der Waals surface area contributed by atoms with Crippen LogP contribution in [-0.2, 0) is 14.3 Å². The maximum absolute atomic E-state index is 14.6. The second kappa shape index (κ2) is 10.8. The summed E-state index contributed by atoms with van der Waals surface area (Å²) in [6.45, 7) is 4.66. The van der Waals surface area contributed by atoms with Crippen LogP contribution in [0.4, 0.5) is 43.9 Å². The second-order valence-corrected chi connectivity index (χ2v) is 8.78. The van der Waals surface area contributed by atoms with Crippen molar-refractivity contribution in [2.75, 3.05) is 13.1 Å². The van der Waals surface area contributed by atoms with E-state index in [1.807, 2.05) is 0 Å². The Hall–Kier alpha value is -2.52. The number of rotatable bonds is 10. The lowest BCUT2D eigenvalue weighted by Crippen LogP contribution is -2.53. The van der Waals surface area contributed by atoms with E-state index in [4.69, 9.17) is 0 Å². The minimum atomic E-state index is -6.86. The molecule has 0 heterocycles. The van der Waals surface area contributed by atoms with Gasteiger partial charge >= 0.3 is 33.6 Å². The summed E-state index contributed by atoms with van der Waals surface area (Å²) in [4.78, 5) is 13.7. The summed E-state index contributed by atoms with van der Waals surface area (Å²) in [7, 11) is -6.79. The van der Waals surface area contributed by atoms with Crippen molar-refractivity contribution in [2.45, 2.75) is 57.1 Å². The fourth-order valence-electron chi connectivity index (χ4n) is 2.92. The first kappa shape index (κ1) is 31.5. The molecule has 0 aliphatic carbocycles. The number of carbonyl (C=O) groups excluding carboxylic acids is 1. The summed E-state index contributed by atoms with van der Waals surface area (Å²) in [6, 6.07) is 2.86. The number of amides is 1. The molecule has 0 saturated carbocycles. The van der Waals surface area contributed by atoms with Gasteiger partial charge in [-0.05, 0) is 32.4 Å². The van der Waals surface area contributed by atoms with Gasteiger partial charge in [-0.1, -0.05) is 25.5 Å². The highest BCUT2D eigenvalue weighted by Gasteiger charge is 2.74. The van der Waals surface area contributed by atoms with Crippen LogP contribution in [0.3, 0.4) is 0 Å². The normalized spacial score (nSPS) is 14.4. The summed E-state index contributed by atoms with van der Waals surface area (Å²) >= 11 is 0. The largest absolute Gasteiger partial charge is 0.534 e. The molecule has 1 aromatic rings. The van der Waals surface area contributed by atoms with Crippen LogP contribution in [-0.4, -0.2) is 55.8 Å². The van der Waals surface area contributed by atoms with Gasteiger partial charge in [0.25, 0.3) is 5.91 Å². The highest BCUT2D eigenvalue weighted by Crippen LogP contribution is 2.52. The fraction of sp³-hybridized carbons (Fsp3) is 0.550. The first-order chi connectivity index (χ1) is 16.2. The Bertz CT molecular complexity index is 1060. The average molecular weight is 561 g/mol. The van der Waals surface area contributed by atoms with Gasteiger partial charge in [-0.2, -0.15) is 52.3 Å². The molecule has 0 fully saturated rings. The molecule has 36 heavy (non-hydrogen) atoms. The Labute approximate surface area is 199 Å². The minimum absolute atomic E-state index is 0.162. The van der Waals surface area contributed by atoms with E-state index >= 15 is 0 Å². The van der Waals surface area contributed by atoms with Gasteiger partial charge in [0.05, 0.1) is 0 Å². The molecule has 0 aromatic heterocycles. The van der Waals surface area contributed by atoms with E-state index in [-0.39, 0.29) is 18.7 Å². The molecule has 0 bridgehead atoms. The van der Waals surface area contributed by atoms with Crippen molar-refractivity contribution >= 4 is 21.8 Å². The molecule has 0 spiro atoms. The van der Waals surface area contributed by atoms with Gasteiger partial charge in [0, 0.05) is 29.8 Å². The molecule has 1 aromatic carbocycles. The SMILES string of the molecule is CCC/C(=C(\OS(=O)(=O)C(F)(F)F)c1ccc(C(=O)N(CC)CC)cc1)C(F)(F)C(F)(F)C(F)(F)F. The Balaban J connectivity index is 3.95. The molecule has 206 valence electrons. The zero-order valence-corrected chi connectivity index (χ0v) is 19.7. The number of halogens is 10. The van der Waals surface area contributed by atoms with E-state index in [1.54, 1.807) is 13.8 Å². The smallest absolute Gasteiger partial charge is 0.375 e. The van der Waals surface area contributed by atoms with Crippen molar-refractivity contribution in [3.05, 3.63) is 41.0 Å². The van der Waals surface area contributed by atoms with Gasteiger partial charge in [0.1, 0.15) is 0 Å². The van der Waals surface area contributed by atoms with Crippen LogP contribution in [0, 0.1) is 0 Å². The van der Waals surface area contributed by atoms with Crippen molar-refractivity contribution in [2.24, 2.45) is 0 Å². The van der Waals surface area contributed by atoms with Gasteiger partial charge in [0.15, 0.2) is 5.76 Å². The molecule has 1 rings (SSSR count). The third-order valence-electron chi connectivity index (χ3n) is 4.82. The van der Waals surface area contributed by atoms with Gasteiger partial charge in [-0.15, -0.1) is 0 Å². The lowest BCUT2D eigenvalue weighted by Gasteiger charge is -2.31. The third kappa shape index (κ3) is 6.24. The first-order valence-corrected chi connectivity index (χ1v) is 11.6. The minimum Gasteiger partial charge on any atom is -0.375 e. The molecule has 0 radical (unpaired) electrons. The second-order valence-electron chi connectivity index (χ2n) is 7.24. The van der Waals surface area contributed by atoms with Crippen LogP contribution >= 0.6 is 0 Å². The number of nitrogens with zero attached hydrogens (tertiary/aromatic N) is 1. The van der Waals surface area contributed by atoms with Crippen LogP contribution in [0.15, 0.2) is 29.8 Å². The molecule has 0 atom stereocenters. The maximum atomic E-state index is 14.6. The van der Waals surface area contributed by atoms with Crippen LogP contribution in [0.1, 0.15) is 49.5 Å². The molecule has 0 aliphatic rings. The number of hydrogen-bond acceptors (Lipinski definition) is 4. The lowest BCUT2D eigenvalue weighted by atomic mass is 9.93. The highest BCUT2D eigenvalue weighted by molar-refractivity contribution is 7.87. The predicted octanol–water partition coefficient (Wildman–Crippen LogP) is 6.38. The van der Waals surface area contributed by atoms with Gasteiger partial charge in [-0.25, -0.2) is 0 Å². The van der Waals surface area contributed by atoms with Crippen LogP contribution in [0.2, 0.25) is 0 Å². The van der Waals surface area contributed by atoms with E-state index < -0.39 is 69.3 Å². The van der Waals surface area contributed by atoms with Crippen molar-refractivity contribution in [3.63, 3.8) is 0 Å². The summed E-state index contributed by atoms with van der Waals surface area (Å²) in [5.41, 5.74) is -9.75. The van der Waals surface area contributed by atoms with E-state index in [9.17, 15) is 57.1 Å². The molecule has 0 unspecified atom stereocenters. The number of alkyl halides is 10. The monoisotopic (exact) mass is 561 g/mol. The summed E-state index contributed by atoms with van der Waals surface area (Å²) in [5, 5.41) is 0. The summed E-state index contributed by atoms with van der Waals surface area (Å²) < 4.78 is 161. The number of allylic oxidation sites excluding steroid dienone is 1. The Morgan fingerprint density at radius 2 is 1.28 bits per heavy atom. The van der Waals surface area contributed by atoms with Crippen LogP contribution in [0.5, 0.6) is 0 Å². The first-order valence-electron chi connectivity index (χ1n) is 10.2. The van der Waals surface area contributed by atoms with Gasteiger partial charge in [0.2, 0.25) is 0 Å². The van der Waals surface area contributed by atoms with Crippen molar-refractivity contribution in [1.82, 2.24) is 4.90 Å². The van der Waals surface area contributed by atoms with E-state index in [1.165, 1.54) is 4.90 Å². The zero-order valence-electron chi connectivity index (χ0n) is 18.9. The van der Waals surface area contributed by atoms with Crippen molar-refractivity contribution in [1.29, 1.82) is 0 Å². The lowest BCUT2D eigenvalue weighted by molar-refractivity contribution is -0.344. The van der Waals surface area contributed by atoms with Gasteiger partial charge < -0.3 is 9.08 Å². The number of benzene rings is 1.